The van der Waals surface area contributed by atoms with Gasteiger partial charge in [-0.3, -0.25) is 9.59 Å². The molecule has 7 heteroatoms. The van der Waals surface area contributed by atoms with Gasteiger partial charge >= 0.3 is 0 Å². The number of carbonyl (C=O) groups is 2. The first-order valence-corrected chi connectivity index (χ1v) is 11.9. The second-order valence-electron chi connectivity index (χ2n) is 8.06. The van der Waals surface area contributed by atoms with E-state index in [1.807, 2.05) is 89.1 Å². The zero-order valence-corrected chi connectivity index (χ0v) is 18.9. The summed E-state index contributed by atoms with van der Waals surface area (Å²) in [5, 5.41) is 9.73. The summed E-state index contributed by atoms with van der Waals surface area (Å²) in [5.74, 6) is -0.145. The molecule has 5 rings (SSSR count). The van der Waals surface area contributed by atoms with Gasteiger partial charge in [0.15, 0.2) is 0 Å². The van der Waals surface area contributed by atoms with Gasteiger partial charge in [0.05, 0.1) is 10.6 Å². The fourth-order valence-electron chi connectivity index (χ4n) is 4.12. The standard InChI is InChI=1S/C26H24N4O2S/c31-25(27-20-8-3-1-4-9-20)19-13-15-29(16-14-19)26(32)23-18-22(24-12-7-17-33-24)28-30(23)21-10-5-2-6-11-21/h1-12,17-19H,13-16H2,(H,27,31). The molecule has 0 radical (unpaired) electrons. The Bertz CT molecular complexity index is 1230. The second-order valence-corrected chi connectivity index (χ2v) is 9.01. The molecule has 0 spiro atoms. The maximum atomic E-state index is 13.5. The topological polar surface area (TPSA) is 67.2 Å². The van der Waals surface area contributed by atoms with E-state index in [0.717, 1.165) is 21.9 Å². The maximum Gasteiger partial charge on any atom is 0.272 e. The van der Waals surface area contributed by atoms with Gasteiger partial charge in [0.2, 0.25) is 5.91 Å². The van der Waals surface area contributed by atoms with Gasteiger partial charge in [-0.25, -0.2) is 4.68 Å². The van der Waals surface area contributed by atoms with Crippen molar-refractivity contribution in [2.24, 2.45) is 5.92 Å². The van der Waals surface area contributed by atoms with Crippen LogP contribution in [0.5, 0.6) is 0 Å². The third-order valence-corrected chi connectivity index (χ3v) is 6.79. The highest BCUT2D eigenvalue weighted by atomic mass is 32.1. The quantitative estimate of drug-likeness (QED) is 0.455. The summed E-state index contributed by atoms with van der Waals surface area (Å²) in [7, 11) is 0. The van der Waals surface area contributed by atoms with Crippen LogP contribution in [0.4, 0.5) is 5.69 Å². The van der Waals surface area contributed by atoms with Crippen molar-refractivity contribution >= 4 is 28.8 Å². The fraction of sp³-hybridized carbons (Fsp3) is 0.192. The molecule has 1 saturated heterocycles. The number of anilines is 1. The van der Waals surface area contributed by atoms with Crippen molar-refractivity contribution in [3.05, 3.63) is 89.9 Å². The van der Waals surface area contributed by atoms with Crippen LogP contribution < -0.4 is 5.32 Å². The molecule has 3 heterocycles. The van der Waals surface area contributed by atoms with Crippen LogP contribution in [-0.2, 0) is 4.79 Å². The lowest BCUT2D eigenvalue weighted by molar-refractivity contribution is -0.121. The zero-order chi connectivity index (χ0) is 22.6. The minimum Gasteiger partial charge on any atom is -0.337 e. The molecule has 2 aromatic carbocycles. The maximum absolute atomic E-state index is 13.5. The molecule has 1 aliphatic heterocycles. The van der Waals surface area contributed by atoms with E-state index >= 15 is 0 Å². The predicted octanol–water partition coefficient (Wildman–Crippen LogP) is 5.09. The molecule has 0 bridgehead atoms. The van der Waals surface area contributed by atoms with Gasteiger partial charge in [-0.2, -0.15) is 5.10 Å². The number of hydrogen-bond acceptors (Lipinski definition) is 4. The Kier molecular flexibility index (Phi) is 6.04. The molecule has 1 fully saturated rings. The van der Waals surface area contributed by atoms with E-state index in [2.05, 4.69) is 5.32 Å². The molecule has 1 aliphatic rings. The Morgan fingerprint density at radius 2 is 1.61 bits per heavy atom. The molecule has 166 valence electrons. The highest BCUT2D eigenvalue weighted by Gasteiger charge is 2.30. The van der Waals surface area contributed by atoms with Crippen molar-refractivity contribution in [2.45, 2.75) is 12.8 Å². The van der Waals surface area contributed by atoms with Crippen LogP contribution in [-0.4, -0.2) is 39.6 Å². The van der Waals surface area contributed by atoms with Gasteiger partial charge in [0.1, 0.15) is 11.4 Å². The van der Waals surface area contributed by atoms with Gasteiger partial charge in [-0.15, -0.1) is 11.3 Å². The summed E-state index contributed by atoms with van der Waals surface area (Å²) in [6, 6.07) is 25.1. The first-order valence-electron chi connectivity index (χ1n) is 11.0. The molecule has 6 nitrogen and oxygen atoms in total. The number of aromatic nitrogens is 2. The normalized spacial score (nSPS) is 14.2. The molecule has 4 aromatic rings. The molecular weight excluding hydrogens is 432 g/mol. The molecule has 0 atom stereocenters. The largest absolute Gasteiger partial charge is 0.337 e. The Balaban J connectivity index is 1.32. The number of benzene rings is 2. The van der Waals surface area contributed by atoms with Gasteiger partial charge < -0.3 is 10.2 Å². The smallest absolute Gasteiger partial charge is 0.272 e. The minimum atomic E-state index is -0.102. The molecule has 0 unspecified atom stereocenters. The second kappa shape index (κ2) is 9.42. The summed E-state index contributed by atoms with van der Waals surface area (Å²) in [4.78, 5) is 29.0. The third kappa shape index (κ3) is 4.59. The molecule has 2 aromatic heterocycles. The van der Waals surface area contributed by atoms with E-state index in [0.29, 0.717) is 31.6 Å². The van der Waals surface area contributed by atoms with Crippen LogP contribution >= 0.6 is 11.3 Å². The summed E-state index contributed by atoms with van der Waals surface area (Å²) in [6.45, 7) is 1.08. The first kappa shape index (κ1) is 21.2. The lowest BCUT2D eigenvalue weighted by Crippen LogP contribution is -2.42. The average molecular weight is 457 g/mol. The Labute approximate surface area is 196 Å². The van der Waals surface area contributed by atoms with E-state index in [1.165, 1.54) is 0 Å². The van der Waals surface area contributed by atoms with E-state index in [4.69, 9.17) is 5.10 Å². The highest BCUT2D eigenvalue weighted by molar-refractivity contribution is 7.13. The molecule has 1 N–H and O–H groups in total. The summed E-state index contributed by atoms with van der Waals surface area (Å²) in [6.07, 6.45) is 1.28. The number of nitrogens with zero attached hydrogens (tertiary/aromatic N) is 3. The molecule has 2 amide bonds. The number of para-hydroxylation sites is 2. The number of carbonyl (C=O) groups excluding carboxylic acids is 2. The van der Waals surface area contributed by atoms with Crippen LogP contribution in [0.3, 0.4) is 0 Å². The van der Waals surface area contributed by atoms with Gasteiger partial charge in [0.25, 0.3) is 5.91 Å². The van der Waals surface area contributed by atoms with Crippen LogP contribution in [0.25, 0.3) is 16.3 Å². The van der Waals surface area contributed by atoms with Crippen LogP contribution in [0, 0.1) is 5.92 Å². The Morgan fingerprint density at radius 3 is 2.27 bits per heavy atom. The van der Waals surface area contributed by atoms with Crippen molar-refractivity contribution in [3.8, 4) is 16.3 Å². The van der Waals surface area contributed by atoms with E-state index < -0.39 is 0 Å². The number of amides is 2. The number of likely N-dealkylation sites (tertiary alicyclic amines) is 1. The number of thiophene rings is 1. The van der Waals surface area contributed by atoms with Crippen LogP contribution in [0.15, 0.2) is 84.2 Å². The fourth-order valence-corrected chi connectivity index (χ4v) is 4.80. The first-order chi connectivity index (χ1) is 16.2. The van der Waals surface area contributed by atoms with Crippen LogP contribution in [0.2, 0.25) is 0 Å². The molecule has 0 saturated carbocycles. The number of piperidine rings is 1. The molecule has 33 heavy (non-hydrogen) atoms. The van der Waals surface area contributed by atoms with Crippen molar-refractivity contribution in [2.75, 3.05) is 18.4 Å². The van der Waals surface area contributed by atoms with E-state index in [9.17, 15) is 9.59 Å². The lowest BCUT2D eigenvalue weighted by Gasteiger charge is -2.31. The molecule has 0 aliphatic carbocycles. The predicted molar refractivity (Wildman–Crippen MR) is 131 cm³/mol. The minimum absolute atomic E-state index is 0.0163. The Morgan fingerprint density at radius 1 is 0.909 bits per heavy atom. The van der Waals surface area contributed by atoms with E-state index in [1.54, 1.807) is 16.0 Å². The third-order valence-electron chi connectivity index (χ3n) is 5.90. The lowest BCUT2D eigenvalue weighted by atomic mass is 9.95. The highest BCUT2D eigenvalue weighted by Crippen LogP contribution is 2.28. The number of rotatable bonds is 5. The van der Waals surface area contributed by atoms with Crippen LogP contribution in [0.1, 0.15) is 23.3 Å². The SMILES string of the molecule is O=C(Nc1ccccc1)C1CCN(C(=O)c2cc(-c3cccs3)nn2-c2ccccc2)CC1. The van der Waals surface area contributed by atoms with Gasteiger partial charge in [-0.1, -0.05) is 42.5 Å². The molecular formula is C26H24N4O2S. The summed E-state index contributed by atoms with van der Waals surface area (Å²) >= 11 is 1.60. The van der Waals surface area contributed by atoms with Gasteiger partial charge in [-0.05, 0) is 54.6 Å². The number of nitrogens with one attached hydrogen (secondary N) is 1. The zero-order valence-electron chi connectivity index (χ0n) is 18.1. The average Bonchev–Trinajstić information content (AvgIpc) is 3.55. The summed E-state index contributed by atoms with van der Waals surface area (Å²) in [5.41, 5.74) is 2.97. The van der Waals surface area contributed by atoms with Crippen molar-refractivity contribution in [1.29, 1.82) is 0 Å². The van der Waals surface area contributed by atoms with Crippen molar-refractivity contribution in [1.82, 2.24) is 14.7 Å². The number of hydrogen-bond donors (Lipinski definition) is 1. The Hall–Kier alpha value is -3.71. The summed E-state index contributed by atoms with van der Waals surface area (Å²) < 4.78 is 1.73. The van der Waals surface area contributed by atoms with Gasteiger partial charge in [0, 0.05) is 24.7 Å². The van der Waals surface area contributed by atoms with E-state index in [-0.39, 0.29) is 17.7 Å². The van der Waals surface area contributed by atoms with Crippen molar-refractivity contribution in [3.63, 3.8) is 0 Å². The van der Waals surface area contributed by atoms with Crippen molar-refractivity contribution < 1.29 is 9.59 Å². The monoisotopic (exact) mass is 456 g/mol.